The smallest absolute Gasteiger partial charge is 0.362 e. The monoisotopic (exact) mass is 364 g/mol. The van der Waals surface area contributed by atoms with Crippen molar-refractivity contribution in [3.63, 3.8) is 0 Å². The van der Waals surface area contributed by atoms with Gasteiger partial charge in [-0.1, -0.05) is 45.0 Å². The van der Waals surface area contributed by atoms with Gasteiger partial charge < -0.3 is 10.2 Å². The molecule has 0 aliphatic heterocycles. The molecule has 7 heteroatoms. The van der Waals surface area contributed by atoms with Gasteiger partial charge in [-0.15, -0.1) is 5.10 Å². The van der Waals surface area contributed by atoms with Crippen LogP contribution in [-0.4, -0.2) is 21.2 Å². The highest BCUT2D eigenvalue weighted by Gasteiger charge is 2.11. The molecule has 2 N–H and O–H groups in total. The standard InChI is InChI=1S/C19H17N4O2P/c1-2-26-15-8-5-13-9-17(19(24)25-18(13)10-15)23-11-16(21-22-23)12-3-6-14(20)7-4-12/h3-11,26H,2,20H2,1H3. The summed E-state index contributed by atoms with van der Waals surface area (Å²) in [6.45, 7) is 2.13. The van der Waals surface area contributed by atoms with Gasteiger partial charge in [0, 0.05) is 16.6 Å². The van der Waals surface area contributed by atoms with Crippen molar-refractivity contribution in [1.29, 1.82) is 0 Å². The maximum atomic E-state index is 12.4. The van der Waals surface area contributed by atoms with Crippen LogP contribution in [-0.2, 0) is 0 Å². The quantitative estimate of drug-likeness (QED) is 0.342. The Morgan fingerprint density at radius 1 is 1.15 bits per heavy atom. The number of hydrogen-bond acceptors (Lipinski definition) is 5. The number of nitrogen functional groups attached to an aromatic ring is 1. The van der Waals surface area contributed by atoms with Gasteiger partial charge >= 0.3 is 5.63 Å². The molecule has 2 aromatic carbocycles. The molecule has 0 aliphatic rings. The van der Waals surface area contributed by atoms with Crippen LogP contribution < -0.4 is 16.7 Å². The summed E-state index contributed by atoms with van der Waals surface area (Å²) in [5.41, 5.74) is 8.40. The molecule has 0 radical (unpaired) electrons. The van der Waals surface area contributed by atoms with Gasteiger partial charge in [0.05, 0.1) is 6.20 Å². The second kappa shape index (κ2) is 6.73. The molecule has 0 amide bonds. The lowest BCUT2D eigenvalue weighted by molar-refractivity contribution is 0.551. The number of aromatic nitrogens is 3. The fraction of sp³-hybridized carbons (Fsp3) is 0.105. The van der Waals surface area contributed by atoms with Crippen LogP contribution in [0.1, 0.15) is 6.92 Å². The number of nitrogens with two attached hydrogens (primary N) is 1. The summed E-state index contributed by atoms with van der Waals surface area (Å²) in [4.78, 5) is 12.4. The summed E-state index contributed by atoms with van der Waals surface area (Å²) in [5, 5.41) is 10.3. The van der Waals surface area contributed by atoms with Gasteiger partial charge in [-0.25, -0.2) is 9.48 Å². The molecule has 2 aromatic heterocycles. The Labute approximate surface area is 151 Å². The van der Waals surface area contributed by atoms with Crippen molar-refractivity contribution in [2.24, 2.45) is 0 Å². The highest BCUT2D eigenvalue weighted by atomic mass is 31.1. The summed E-state index contributed by atoms with van der Waals surface area (Å²) in [6.07, 6.45) is 2.77. The van der Waals surface area contributed by atoms with Crippen molar-refractivity contribution in [1.82, 2.24) is 15.0 Å². The average molecular weight is 364 g/mol. The molecule has 1 unspecified atom stereocenters. The van der Waals surface area contributed by atoms with Crippen LogP contribution >= 0.6 is 8.58 Å². The topological polar surface area (TPSA) is 86.9 Å². The van der Waals surface area contributed by atoms with Gasteiger partial charge in [-0.2, -0.15) is 0 Å². The Kier molecular flexibility index (Phi) is 4.27. The Hall–Kier alpha value is -2.98. The third-order valence-electron chi connectivity index (χ3n) is 4.05. The summed E-state index contributed by atoms with van der Waals surface area (Å²) in [6, 6.07) is 15.1. The predicted molar refractivity (Wildman–Crippen MR) is 106 cm³/mol. The third kappa shape index (κ3) is 3.11. The normalized spacial score (nSPS) is 11.6. The van der Waals surface area contributed by atoms with Crippen LogP contribution in [0.5, 0.6) is 0 Å². The highest BCUT2D eigenvalue weighted by Crippen LogP contribution is 2.21. The minimum absolute atomic E-state index is 0.331. The van der Waals surface area contributed by atoms with Crippen molar-refractivity contribution in [2.45, 2.75) is 6.92 Å². The first kappa shape index (κ1) is 16.5. The molecule has 0 spiro atoms. The molecule has 2 heterocycles. The lowest BCUT2D eigenvalue weighted by Gasteiger charge is -2.04. The lowest BCUT2D eigenvalue weighted by atomic mass is 10.1. The lowest BCUT2D eigenvalue weighted by Crippen LogP contribution is -2.11. The molecule has 130 valence electrons. The van der Waals surface area contributed by atoms with E-state index in [1.807, 2.05) is 24.3 Å². The van der Waals surface area contributed by atoms with Crippen LogP contribution in [0, 0.1) is 0 Å². The van der Waals surface area contributed by atoms with Gasteiger partial charge in [0.1, 0.15) is 11.3 Å². The van der Waals surface area contributed by atoms with Crippen LogP contribution in [0.15, 0.2) is 63.9 Å². The van der Waals surface area contributed by atoms with Crippen molar-refractivity contribution >= 4 is 30.5 Å². The van der Waals surface area contributed by atoms with E-state index in [2.05, 4.69) is 23.3 Å². The Morgan fingerprint density at radius 2 is 1.96 bits per heavy atom. The van der Waals surface area contributed by atoms with Crippen molar-refractivity contribution in [3.05, 3.63) is 65.1 Å². The Balaban J connectivity index is 1.75. The SMILES string of the molecule is CCPc1ccc2cc(-n3cc(-c4ccc(N)cc4)nn3)c(=O)oc2c1. The van der Waals surface area contributed by atoms with Crippen molar-refractivity contribution in [3.8, 4) is 16.9 Å². The van der Waals surface area contributed by atoms with E-state index in [4.69, 9.17) is 10.2 Å². The van der Waals surface area contributed by atoms with Gasteiger partial charge in [0.25, 0.3) is 0 Å². The zero-order valence-electron chi connectivity index (χ0n) is 14.1. The van der Waals surface area contributed by atoms with E-state index in [9.17, 15) is 4.79 Å². The number of benzene rings is 2. The Morgan fingerprint density at radius 3 is 2.73 bits per heavy atom. The van der Waals surface area contributed by atoms with Gasteiger partial charge in [-0.05, 0) is 35.7 Å². The number of rotatable bonds is 4. The van der Waals surface area contributed by atoms with Gasteiger partial charge in [0.15, 0.2) is 5.69 Å². The molecule has 0 bridgehead atoms. The second-order valence-corrected chi connectivity index (χ2v) is 7.51. The maximum Gasteiger partial charge on any atom is 0.362 e. The molecule has 0 saturated carbocycles. The first-order chi connectivity index (χ1) is 12.6. The molecule has 0 aliphatic carbocycles. The molecule has 26 heavy (non-hydrogen) atoms. The number of fused-ring (bicyclic) bond motifs is 1. The Bertz CT molecular complexity index is 1130. The molecular weight excluding hydrogens is 347 g/mol. The largest absolute Gasteiger partial charge is 0.421 e. The molecule has 1 atom stereocenters. The van der Waals surface area contributed by atoms with Crippen molar-refractivity contribution < 1.29 is 4.42 Å². The molecule has 6 nitrogen and oxygen atoms in total. The fourth-order valence-corrected chi connectivity index (χ4v) is 3.58. The summed E-state index contributed by atoms with van der Waals surface area (Å²) in [7, 11) is 0.705. The molecular formula is C19H17N4O2P. The van der Waals surface area contributed by atoms with E-state index in [1.54, 1.807) is 24.4 Å². The van der Waals surface area contributed by atoms with E-state index >= 15 is 0 Å². The molecule has 4 rings (SSSR count). The zero-order valence-corrected chi connectivity index (χ0v) is 15.1. The third-order valence-corrected chi connectivity index (χ3v) is 5.12. The van der Waals surface area contributed by atoms with E-state index in [0.717, 1.165) is 17.1 Å². The number of anilines is 1. The van der Waals surface area contributed by atoms with Crippen LogP contribution in [0.3, 0.4) is 0 Å². The van der Waals surface area contributed by atoms with Crippen LogP contribution in [0.25, 0.3) is 27.9 Å². The van der Waals surface area contributed by atoms with Gasteiger partial charge in [-0.3, -0.25) is 0 Å². The first-order valence-corrected chi connectivity index (χ1v) is 9.45. The number of hydrogen-bond donors (Lipinski definition) is 1. The average Bonchev–Trinajstić information content (AvgIpc) is 3.12. The van der Waals surface area contributed by atoms with Crippen molar-refractivity contribution in [2.75, 3.05) is 11.9 Å². The second-order valence-electron chi connectivity index (χ2n) is 5.87. The summed E-state index contributed by atoms with van der Waals surface area (Å²) >= 11 is 0. The predicted octanol–water partition coefficient (Wildman–Crippen LogP) is 2.95. The molecule has 4 aromatic rings. The van der Waals surface area contributed by atoms with Crippen LogP contribution in [0.2, 0.25) is 0 Å². The summed E-state index contributed by atoms with van der Waals surface area (Å²) in [5.74, 6) is 0. The highest BCUT2D eigenvalue weighted by molar-refractivity contribution is 7.47. The minimum Gasteiger partial charge on any atom is -0.421 e. The molecule has 0 saturated heterocycles. The van der Waals surface area contributed by atoms with Crippen LogP contribution in [0.4, 0.5) is 5.69 Å². The zero-order chi connectivity index (χ0) is 18.1. The number of nitrogens with zero attached hydrogens (tertiary/aromatic N) is 3. The van der Waals surface area contributed by atoms with E-state index in [0.29, 0.717) is 31.2 Å². The van der Waals surface area contributed by atoms with E-state index < -0.39 is 5.63 Å². The van der Waals surface area contributed by atoms with E-state index in [-0.39, 0.29) is 0 Å². The first-order valence-electron chi connectivity index (χ1n) is 8.24. The van der Waals surface area contributed by atoms with E-state index in [1.165, 1.54) is 9.99 Å². The summed E-state index contributed by atoms with van der Waals surface area (Å²) < 4.78 is 6.95. The fourth-order valence-electron chi connectivity index (χ4n) is 2.74. The maximum absolute atomic E-state index is 12.4. The van der Waals surface area contributed by atoms with Gasteiger partial charge in [0.2, 0.25) is 0 Å². The molecule has 0 fully saturated rings. The minimum atomic E-state index is -0.441.